The minimum atomic E-state index is -0.413. The molecule has 0 aromatic carbocycles. The van der Waals surface area contributed by atoms with Crippen LogP contribution in [-0.4, -0.2) is 49.2 Å². The second kappa shape index (κ2) is 5.94. The van der Waals surface area contributed by atoms with Crippen LogP contribution >= 0.6 is 0 Å². The van der Waals surface area contributed by atoms with Crippen LogP contribution in [0.15, 0.2) is 0 Å². The molecule has 0 aromatic rings. The van der Waals surface area contributed by atoms with E-state index in [2.05, 4.69) is 13.8 Å². The molecule has 2 saturated heterocycles. The maximum absolute atomic E-state index is 11.3. The number of ether oxygens (including phenoxy) is 4. The van der Waals surface area contributed by atoms with Gasteiger partial charge >= 0.3 is 0 Å². The van der Waals surface area contributed by atoms with Gasteiger partial charge in [-0.2, -0.15) is 0 Å². The van der Waals surface area contributed by atoms with Gasteiger partial charge < -0.3 is 24.1 Å². The number of hydrogen-bond donors (Lipinski definition) is 1. The van der Waals surface area contributed by atoms with Gasteiger partial charge in [0, 0.05) is 24.7 Å². The number of hydrogen-bond acceptors (Lipinski definition) is 5. The zero-order valence-electron chi connectivity index (χ0n) is 17.5. The molecule has 4 aliphatic carbocycles. The highest BCUT2D eigenvalue weighted by Crippen LogP contribution is 2.70. The Morgan fingerprint density at radius 1 is 0.750 bits per heavy atom. The summed E-state index contributed by atoms with van der Waals surface area (Å²) in [5, 5.41) is 11.3. The lowest BCUT2D eigenvalue weighted by atomic mass is 9.44. The topological polar surface area (TPSA) is 57.2 Å². The molecule has 2 spiro atoms. The van der Waals surface area contributed by atoms with Crippen molar-refractivity contribution in [3.05, 3.63) is 0 Å². The van der Waals surface area contributed by atoms with Crippen LogP contribution < -0.4 is 0 Å². The number of aliphatic hydroxyl groups is 1. The molecule has 5 heteroatoms. The summed E-state index contributed by atoms with van der Waals surface area (Å²) in [6.07, 6.45) is 8.27. The van der Waals surface area contributed by atoms with Crippen LogP contribution in [0, 0.1) is 34.5 Å². The number of rotatable bonds is 0. The van der Waals surface area contributed by atoms with E-state index in [0.717, 1.165) is 45.3 Å². The Kier molecular flexibility index (Phi) is 3.94. The highest BCUT2D eigenvalue weighted by molar-refractivity contribution is 5.14. The molecular formula is C23H36O5. The number of aliphatic hydroxyl groups excluding tert-OH is 1. The van der Waals surface area contributed by atoms with Crippen molar-refractivity contribution in [2.24, 2.45) is 34.5 Å². The molecule has 6 aliphatic rings. The van der Waals surface area contributed by atoms with Crippen molar-refractivity contribution in [1.29, 1.82) is 0 Å². The summed E-state index contributed by atoms with van der Waals surface area (Å²) in [7, 11) is 0. The summed E-state index contributed by atoms with van der Waals surface area (Å²) in [5.74, 6) is 1.40. The van der Waals surface area contributed by atoms with Gasteiger partial charge in [-0.15, -0.1) is 0 Å². The molecule has 4 saturated carbocycles. The van der Waals surface area contributed by atoms with Crippen molar-refractivity contribution in [3.63, 3.8) is 0 Å². The fourth-order valence-corrected chi connectivity index (χ4v) is 8.87. The molecule has 3 unspecified atom stereocenters. The third kappa shape index (κ3) is 2.21. The summed E-state index contributed by atoms with van der Waals surface area (Å²) in [4.78, 5) is 0. The van der Waals surface area contributed by atoms with Crippen LogP contribution in [0.1, 0.15) is 65.2 Å². The zero-order valence-corrected chi connectivity index (χ0v) is 17.5. The molecule has 0 aromatic heterocycles. The van der Waals surface area contributed by atoms with E-state index in [-0.39, 0.29) is 22.7 Å². The van der Waals surface area contributed by atoms with Crippen LogP contribution in [0.5, 0.6) is 0 Å². The number of fused-ring (bicyclic) bond motifs is 6. The largest absolute Gasteiger partial charge is 0.393 e. The van der Waals surface area contributed by atoms with E-state index in [1.807, 2.05) is 0 Å². The van der Waals surface area contributed by atoms with Gasteiger partial charge in [0.05, 0.1) is 32.5 Å². The van der Waals surface area contributed by atoms with Crippen molar-refractivity contribution in [2.45, 2.75) is 82.9 Å². The van der Waals surface area contributed by atoms with E-state index in [1.165, 1.54) is 19.3 Å². The normalized spacial score (nSPS) is 53.9. The van der Waals surface area contributed by atoms with E-state index in [9.17, 15) is 5.11 Å². The lowest BCUT2D eigenvalue weighted by Crippen LogP contribution is -2.61. The molecule has 6 fully saturated rings. The fourth-order valence-electron chi connectivity index (χ4n) is 8.87. The Balaban J connectivity index is 1.31. The smallest absolute Gasteiger partial charge is 0.174 e. The Hall–Kier alpha value is -0.200. The summed E-state index contributed by atoms with van der Waals surface area (Å²) in [6, 6.07) is 0. The second-order valence-corrected chi connectivity index (χ2v) is 11.0. The summed E-state index contributed by atoms with van der Waals surface area (Å²) >= 11 is 0. The third-order valence-corrected chi connectivity index (χ3v) is 10.3. The summed E-state index contributed by atoms with van der Waals surface area (Å²) in [5.41, 5.74) is 0.290. The SMILES string of the molecule is C[C@]12CCC3C(C[C@H](O)[C@H]4CC5(CC[C@]34C)OCCO5)C1CCC21OCCO1. The summed E-state index contributed by atoms with van der Waals surface area (Å²) < 4.78 is 24.6. The van der Waals surface area contributed by atoms with Crippen molar-refractivity contribution in [2.75, 3.05) is 26.4 Å². The lowest BCUT2D eigenvalue weighted by Gasteiger charge is -2.63. The monoisotopic (exact) mass is 392 g/mol. The molecule has 0 radical (unpaired) electrons. The van der Waals surface area contributed by atoms with Gasteiger partial charge in [0.15, 0.2) is 11.6 Å². The molecule has 0 bridgehead atoms. The van der Waals surface area contributed by atoms with Crippen molar-refractivity contribution in [1.82, 2.24) is 0 Å². The zero-order chi connectivity index (χ0) is 19.2. The lowest BCUT2D eigenvalue weighted by molar-refractivity contribution is -0.269. The molecule has 2 heterocycles. The predicted octanol–water partition coefficient (Wildman–Crippen LogP) is 3.49. The quantitative estimate of drug-likeness (QED) is 0.684. The van der Waals surface area contributed by atoms with Crippen LogP contribution in [0.4, 0.5) is 0 Å². The molecule has 2 aliphatic heterocycles. The Labute approximate surface area is 168 Å². The first-order chi connectivity index (χ1) is 13.4. The summed E-state index contributed by atoms with van der Waals surface area (Å²) in [6.45, 7) is 7.77. The highest BCUT2D eigenvalue weighted by atomic mass is 16.7. The average Bonchev–Trinajstić information content (AvgIpc) is 3.39. The van der Waals surface area contributed by atoms with Crippen molar-refractivity contribution in [3.8, 4) is 0 Å². The van der Waals surface area contributed by atoms with Gasteiger partial charge in [0.1, 0.15) is 0 Å². The Bertz CT molecular complexity index is 639. The van der Waals surface area contributed by atoms with Crippen LogP contribution in [-0.2, 0) is 18.9 Å². The molecule has 28 heavy (non-hydrogen) atoms. The van der Waals surface area contributed by atoms with Crippen molar-refractivity contribution < 1.29 is 24.1 Å². The van der Waals surface area contributed by atoms with Gasteiger partial charge in [0.25, 0.3) is 0 Å². The molecular weight excluding hydrogens is 356 g/mol. The van der Waals surface area contributed by atoms with Gasteiger partial charge in [-0.05, 0) is 61.2 Å². The Morgan fingerprint density at radius 3 is 2.18 bits per heavy atom. The predicted molar refractivity (Wildman–Crippen MR) is 102 cm³/mol. The standard InChI is InChI=1S/C23H36O5/c1-20-7-8-22(25-9-10-26-22)14-18(20)19(24)13-15-16(20)3-5-21(2)17(15)4-6-23(21)27-11-12-28-23/h15-19,24H,3-14H2,1-2H3/t15?,16?,17?,18-,19+,20-,21+/m1/s1. The molecule has 7 atom stereocenters. The van der Waals surface area contributed by atoms with E-state index >= 15 is 0 Å². The van der Waals surface area contributed by atoms with E-state index in [1.54, 1.807) is 0 Å². The maximum Gasteiger partial charge on any atom is 0.174 e. The molecule has 5 nitrogen and oxygen atoms in total. The van der Waals surface area contributed by atoms with Gasteiger partial charge in [0.2, 0.25) is 0 Å². The van der Waals surface area contributed by atoms with E-state index in [4.69, 9.17) is 18.9 Å². The van der Waals surface area contributed by atoms with Gasteiger partial charge in [-0.25, -0.2) is 0 Å². The van der Waals surface area contributed by atoms with Crippen LogP contribution in [0.3, 0.4) is 0 Å². The molecule has 1 N–H and O–H groups in total. The minimum Gasteiger partial charge on any atom is -0.393 e. The highest BCUT2D eigenvalue weighted by Gasteiger charge is 2.69. The van der Waals surface area contributed by atoms with E-state index in [0.29, 0.717) is 36.9 Å². The first kappa shape index (κ1) is 18.6. The van der Waals surface area contributed by atoms with Crippen LogP contribution in [0.2, 0.25) is 0 Å². The molecule has 6 rings (SSSR count). The fraction of sp³-hybridized carbons (Fsp3) is 1.00. The third-order valence-electron chi connectivity index (χ3n) is 10.3. The second-order valence-electron chi connectivity index (χ2n) is 11.0. The first-order valence-corrected chi connectivity index (χ1v) is 11.7. The van der Waals surface area contributed by atoms with Crippen molar-refractivity contribution >= 4 is 0 Å². The van der Waals surface area contributed by atoms with Gasteiger partial charge in [-0.1, -0.05) is 13.8 Å². The van der Waals surface area contributed by atoms with Gasteiger partial charge in [-0.3, -0.25) is 0 Å². The average molecular weight is 393 g/mol. The van der Waals surface area contributed by atoms with E-state index < -0.39 is 5.79 Å². The minimum absolute atomic E-state index is 0.0984. The maximum atomic E-state index is 11.3. The Morgan fingerprint density at radius 2 is 1.43 bits per heavy atom. The van der Waals surface area contributed by atoms with Crippen LogP contribution in [0.25, 0.3) is 0 Å². The first-order valence-electron chi connectivity index (χ1n) is 11.7. The molecule has 158 valence electrons. The molecule has 0 amide bonds.